The largest absolute Gasteiger partial charge is 0.0984 e. The van der Waals surface area contributed by atoms with Gasteiger partial charge in [0.25, 0.3) is 0 Å². The monoisotopic (exact) mass is 456 g/mol. The number of rotatable bonds is 7. The topological polar surface area (TPSA) is 0 Å². The Balaban J connectivity index is 0.00000466. The minimum atomic E-state index is -0.468. The van der Waals surface area contributed by atoms with Gasteiger partial charge in [-0.2, -0.15) is 0 Å². The van der Waals surface area contributed by atoms with Crippen molar-refractivity contribution in [1.29, 1.82) is 0 Å². The van der Waals surface area contributed by atoms with Gasteiger partial charge in [-0.3, -0.25) is 0 Å². The predicted molar refractivity (Wildman–Crippen MR) is 154 cm³/mol. The molecule has 0 radical (unpaired) electrons. The first-order valence-corrected chi connectivity index (χ1v) is 13.9. The van der Waals surface area contributed by atoms with Gasteiger partial charge in [0.2, 0.25) is 0 Å². The Morgan fingerprint density at radius 3 is 1.31 bits per heavy atom. The molecule has 0 saturated heterocycles. The molecule has 0 aliphatic carbocycles. The van der Waals surface area contributed by atoms with E-state index in [4.69, 9.17) is 0 Å². The maximum Gasteiger partial charge on any atom is -0.0107 e. The standard InChI is InChI=1S/C29H47P.C2H6/c1-15-23(26(16-2)30(28(9,10)11)29(12,13)14)27-24(20(5)6)17-22(19(3)4)18-25(27)21(7)8;1-2/h15-21H,1-2H2,3-14H3;1-2H3/b26-23-;. The van der Waals surface area contributed by atoms with Crippen LogP contribution in [0.5, 0.6) is 0 Å². The molecule has 0 fully saturated rings. The van der Waals surface area contributed by atoms with Crippen LogP contribution >= 0.6 is 7.92 Å². The number of allylic oxidation sites excluding steroid dienone is 4. The van der Waals surface area contributed by atoms with Crippen LogP contribution < -0.4 is 0 Å². The molecule has 0 unspecified atom stereocenters. The molecule has 0 heterocycles. The third-order valence-corrected chi connectivity index (χ3v) is 9.25. The van der Waals surface area contributed by atoms with Crippen molar-refractivity contribution in [2.24, 2.45) is 0 Å². The molecule has 0 nitrogen and oxygen atoms in total. The number of benzene rings is 1. The lowest BCUT2D eigenvalue weighted by Gasteiger charge is -2.43. The fourth-order valence-corrected chi connectivity index (χ4v) is 8.74. The minimum absolute atomic E-state index is 0.180. The lowest BCUT2D eigenvalue weighted by molar-refractivity contribution is 0.712. The Labute approximate surface area is 203 Å². The average Bonchev–Trinajstić information content (AvgIpc) is 2.66. The maximum atomic E-state index is 4.32. The highest BCUT2D eigenvalue weighted by molar-refractivity contribution is 7.65. The summed E-state index contributed by atoms with van der Waals surface area (Å²) in [6, 6.07) is 4.88. The van der Waals surface area contributed by atoms with Gasteiger partial charge in [-0.1, -0.05) is 142 Å². The van der Waals surface area contributed by atoms with Gasteiger partial charge >= 0.3 is 0 Å². The van der Waals surface area contributed by atoms with Crippen LogP contribution in [0.15, 0.2) is 42.8 Å². The van der Waals surface area contributed by atoms with E-state index < -0.39 is 7.92 Å². The summed E-state index contributed by atoms with van der Waals surface area (Å²) < 4.78 is 0. The lowest BCUT2D eigenvalue weighted by atomic mass is 9.81. The van der Waals surface area contributed by atoms with Crippen molar-refractivity contribution in [3.8, 4) is 0 Å². The van der Waals surface area contributed by atoms with E-state index in [1.54, 1.807) is 0 Å². The molecular weight excluding hydrogens is 403 g/mol. The first kappa shape index (κ1) is 30.9. The maximum absolute atomic E-state index is 4.32. The van der Waals surface area contributed by atoms with Gasteiger partial charge in [-0.25, -0.2) is 0 Å². The van der Waals surface area contributed by atoms with Crippen molar-refractivity contribution in [3.05, 3.63) is 65.0 Å². The second kappa shape index (κ2) is 12.4. The SMILES string of the molecule is C=C/C(=C(\C=C)P(C(C)(C)C)C(C)(C)C)c1c(C(C)C)cc(C(C)C)cc1C(C)C.CC. The highest BCUT2D eigenvalue weighted by atomic mass is 31.1. The third-order valence-electron chi connectivity index (χ3n) is 5.66. The third kappa shape index (κ3) is 7.45. The molecule has 0 bridgehead atoms. The van der Waals surface area contributed by atoms with Crippen LogP contribution in [0, 0.1) is 0 Å². The Kier molecular flexibility index (Phi) is 11.9. The zero-order valence-electron chi connectivity index (χ0n) is 23.9. The molecule has 1 aromatic carbocycles. The van der Waals surface area contributed by atoms with E-state index in [0.717, 1.165) is 0 Å². The van der Waals surface area contributed by atoms with E-state index in [1.165, 1.54) is 33.1 Å². The lowest BCUT2D eigenvalue weighted by Crippen LogP contribution is -2.26. The van der Waals surface area contributed by atoms with Crippen molar-refractivity contribution in [2.45, 2.75) is 125 Å². The molecule has 0 aliphatic rings. The second-order valence-electron chi connectivity index (χ2n) is 11.4. The van der Waals surface area contributed by atoms with E-state index >= 15 is 0 Å². The molecule has 182 valence electrons. The summed E-state index contributed by atoms with van der Waals surface area (Å²) >= 11 is 0. The summed E-state index contributed by atoms with van der Waals surface area (Å²) in [5.41, 5.74) is 7.01. The molecule has 0 N–H and O–H groups in total. The Morgan fingerprint density at radius 2 is 1.09 bits per heavy atom. The van der Waals surface area contributed by atoms with Crippen LogP contribution in [0.2, 0.25) is 0 Å². The van der Waals surface area contributed by atoms with Crippen LogP contribution in [-0.2, 0) is 0 Å². The van der Waals surface area contributed by atoms with Gasteiger partial charge in [0, 0.05) is 0 Å². The average molecular weight is 457 g/mol. The Hall–Kier alpha value is -1.13. The molecule has 1 heteroatoms. The summed E-state index contributed by atoms with van der Waals surface area (Å²) in [6.07, 6.45) is 4.23. The van der Waals surface area contributed by atoms with E-state index in [1.807, 2.05) is 13.8 Å². The molecule has 0 saturated carbocycles. The highest BCUT2D eigenvalue weighted by Crippen LogP contribution is 2.66. The van der Waals surface area contributed by atoms with Gasteiger partial charge in [0.1, 0.15) is 0 Å². The number of hydrogen-bond donors (Lipinski definition) is 0. The van der Waals surface area contributed by atoms with Crippen LogP contribution in [0.1, 0.15) is 137 Å². The first-order valence-electron chi connectivity index (χ1n) is 12.5. The highest BCUT2D eigenvalue weighted by Gasteiger charge is 2.37. The Bertz CT molecular complexity index is 746. The molecule has 32 heavy (non-hydrogen) atoms. The van der Waals surface area contributed by atoms with Crippen molar-refractivity contribution < 1.29 is 0 Å². The fourth-order valence-electron chi connectivity index (χ4n) is 4.65. The zero-order chi connectivity index (χ0) is 25.6. The smallest absolute Gasteiger partial charge is 0.0107 e. The van der Waals surface area contributed by atoms with Crippen LogP contribution in [-0.4, -0.2) is 10.3 Å². The van der Waals surface area contributed by atoms with Crippen LogP contribution in [0.25, 0.3) is 5.57 Å². The first-order chi connectivity index (χ1) is 14.6. The Morgan fingerprint density at radius 1 is 0.719 bits per heavy atom. The van der Waals surface area contributed by atoms with Crippen LogP contribution in [0.3, 0.4) is 0 Å². The molecule has 0 spiro atoms. The molecular formula is C31H53P. The molecule has 1 rings (SSSR count). The van der Waals surface area contributed by atoms with E-state index in [9.17, 15) is 0 Å². The van der Waals surface area contributed by atoms with Gasteiger partial charge in [-0.05, 0) is 61.2 Å². The van der Waals surface area contributed by atoms with Gasteiger partial charge in [-0.15, -0.1) is 0 Å². The molecule has 0 amide bonds. The van der Waals surface area contributed by atoms with Crippen LogP contribution in [0.4, 0.5) is 0 Å². The molecule has 0 aliphatic heterocycles. The summed E-state index contributed by atoms with van der Waals surface area (Å²) in [7, 11) is -0.468. The summed E-state index contributed by atoms with van der Waals surface area (Å²) in [4.78, 5) is 0. The minimum Gasteiger partial charge on any atom is -0.0984 e. The normalized spacial score (nSPS) is 13.3. The van der Waals surface area contributed by atoms with Gasteiger partial charge in [0.15, 0.2) is 0 Å². The summed E-state index contributed by atoms with van der Waals surface area (Å²) in [5, 5.41) is 1.75. The van der Waals surface area contributed by atoms with Crippen molar-refractivity contribution in [3.63, 3.8) is 0 Å². The van der Waals surface area contributed by atoms with Gasteiger partial charge in [0.05, 0.1) is 0 Å². The van der Waals surface area contributed by atoms with Crippen molar-refractivity contribution in [1.82, 2.24) is 0 Å². The van der Waals surface area contributed by atoms with Crippen molar-refractivity contribution in [2.75, 3.05) is 0 Å². The molecule has 0 aromatic heterocycles. The molecule has 0 atom stereocenters. The quantitative estimate of drug-likeness (QED) is 0.283. The summed E-state index contributed by atoms with van der Waals surface area (Å²) in [6.45, 7) is 40.7. The second-order valence-corrected chi connectivity index (χ2v) is 15.3. The van der Waals surface area contributed by atoms with Crippen molar-refractivity contribution >= 4 is 13.5 Å². The zero-order valence-corrected chi connectivity index (χ0v) is 24.8. The number of hydrogen-bond acceptors (Lipinski definition) is 0. The van der Waals surface area contributed by atoms with E-state index in [-0.39, 0.29) is 10.3 Å². The fraction of sp³-hybridized carbons (Fsp3) is 0.613. The summed E-state index contributed by atoms with van der Waals surface area (Å²) in [5.74, 6) is 1.42. The predicted octanol–water partition coefficient (Wildman–Crippen LogP) is 11.2. The van der Waals surface area contributed by atoms with E-state index in [0.29, 0.717) is 17.8 Å². The van der Waals surface area contributed by atoms with Gasteiger partial charge < -0.3 is 0 Å². The molecule has 1 aromatic rings. The van der Waals surface area contributed by atoms with E-state index in [2.05, 4.69) is 121 Å².